The standard InChI is InChI=1S/C8H7N3OS/c12-6-3-7-11(6)4-8(13-7)10-2-1-9-5-10/h1-2,4-5,7H,3H2/t7-/m1/s1. The van der Waals surface area contributed by atoms with Crippen LogP contribution in [-0.4, -0.2) is 25.7 Å². The number of fused-ring (bicyclic) bond motifs is 1. The molecule has 0 aromatic carbocycles. The van der Waals surface area contributed by atoms with Gasteiger partial charge in [-0.25, -0.2) is 4.98 Å². The van der Waals surface area contributed by atoms with Gasteiger partial charge in [0, 0.05) is 18.6 Å². The molecule has 4 nitrogen and oxygen atoms in total. The first-order valence-corrected chi connectivity index (χ1v) is 4.90. The fourth-order valence-corrected chi connectivity index (χ4v) is 2.66. The highest BCUT2D eigenvalue weighted by molar-refractivity contribution is 8.08. The molecule has 2 aliphatic heterocycles. The van der Waals surface area contributed by atoms with E-state index in [4.69, 9.17) is 0 Å². The zero-order valence-corrected chi connectivity index (χ0v) is 7.57. The van der Waals surface area contributed by atoms with Crippen molar-refractivity contribution in [2.24, 2.45) is 0 Å². The molecule has 1 amide bonds. The Kier molecular flexibility index (Phi) is 1.32. The second-order valence-electron chi connectivity index (χ2n) is 3.01. The fraction of sp³-hybridized carbons (Fsp3) is 0.250. The second-order valence-corrected chi connectivity index (χ2v) is 4.21. The molecule has 13 heavy (non-hydrogen) atoms. The van der Waals surface area contributed by atoms with Crippen LogP contribution >= 0.6 is 11.8 Å². The topological polar surface area (TPSA) is 38.1 Å². The van der Waals surface area contributed by atoms with Gasteiger partial charge in [-0.05, 0) is 0 Å². The maximum atomic E-state index is 11.1. The lowest BCUT2D eigenvalue weighted by atomic mass is 10.2. The first kappa shape index (κ1) is 7.20. The molecule has 66 valence electrons. The molecule has 0 aliphatic carbocycles. The third kappa shape index (κ3) is 0.935. The Hall–Kier alpha value is -1.23. The molecule has 0 saturated carbocycles. The van der Waals surface area contributed by atoms with Crippen molar-refractivity contribution in [1.29, 1.82) is 0 Å². The Balaban J connectivity index is 1.92. The minimum absolute atomic E-state index is 0.215. The van der Waals surface area contributed by atoms with E-state index in [1.807, 2.05) is 17.0 Å². The molecular weight excluding hydrogens is 186 g/mol. The molecule has 1 aromatic heterocycles. The Labute approximate surface area is 79.2 Å². The number of thioether (sulfide) groups is 1. The molecule has 0 unspecified atom stereocenters. The third-order valence-electron chi connectivity index (χ3n) is 2.21. The van der Waals surface area contributed by atoms with Gasteiger partial charge in [0.2, 0.25) is 5.91 Å². The highest BCUT2D eigenvalue weighted by Gasteiger charge is 2.40. The van der Waals surface area contributed by atoms with Gasteiger partial charge in [0.25, 0.3) is 0 Å². The lowest BCUT2D eigenvalue weighted by Crippen LogP contribution is -2.44. The minimum atomic E-state index is 0.215. The van der Waals surface area contributed by atoms with Crippen molar-refractivity contribution in [2.75, 3.05) is 0 Å². The Bertz CT molecular complexity index is 384. The first-order valence-electron chi connectivity index (χ1n) is 4.02. The fourth-order valence-electron chi connectivity index (χ4n) is 1.46. The number of nitrogens with zero attached hydrogens (tertiary/aromatic N) is 3. The molecule has 3 rings (SSSR count). The predicted molar refractivity (Wildman–Crippen MR) is 49.3 cm³/mol. The summed E-state index contributed by atoms with van der Waals surface area (Å²) in [6, 6.07) is 0. The van der Waals surface area contributed by atoms with E-state index in [-0.39, 0.29) is 5.91 Å². The summed E-state index contributed by atoms with van der Waals surface area (Å²) in [4.78, 5) is 16.8. The lowest BCUT2D eigenvalue weighted by molar-refractivity contribution is -0.137. The van der Waals surface area contributed by atoms with Crippen LogP contribution < -0.4 is 0 Å². The van der Waals surface area contributed by atoms with Gasteiger partial charge in [0.1, 0.15) is 0 Å². The number of aromatic nitrogens is 2. The van der Waals surface area contributed by atoms with Crippen LogP contribution in [0.2, 0.25) is 0 Å². The van der Waals surface area contributed by atoms with E-state index in [0.717, 1.165) is 5.03 Å². The van der Waals surface area contributed by atoms with Gasteiger partial charge in [0.15, 0.2) is 0 Å². The molecule has 0 bridgehead atoms. The van der Waals surface area contributed by atoms with Gasteiger partial charge in [-0.15, -0.1) is 0 Å². The van der Waals surface area contributed by atoms with Crippen LogP contribution in [0.25, 0.3) is 5.03 Å². The summed E-state index contributed by atoms with van der Waals surface area (Å²) in [5.41, 5.74) is 0. The second kappa shape index (κ2) is 2.38. The van der Waals surface area contributed by atoms with Crippen molar-refractivity contribution < 1.29 is 4.79 Å². The summed E-state index contributed by atoms with van der Waals surface area (Å²) in [6.45, 7) is 0. The van der Waals surface area contributed by atoms with Crippen LogP contribution in [0.5, 0.6) is 0 Å². The molecule has 1 fully saturated rings. The van der Waals surface area contributed by atoms with Crippen molar-refractivity contribution in [1.82, 2.24) is 14.5 Å². The molecule has 0 N–H and O–H groups in total. The van der Waals surface area contributed by atoms with E-state index in [1.165, 1.54) is 0 Å². The van der Waals surface area contributed by atoms with E-state index >= 15 is 0 Å². The summed E-state index contributed by atoms with van der Waals surface area (Å²) in [5.74, 6) is 0.215. The lowest BCUT2D eigenvalue weighted by Gasteiger charge is -2.31. The summed E-state index contributed by atoms with van der Waals surface area (Å²) >= 11 is 1.71. The van der Waals surface area contributed by atoms with Crippen LogP contribution in [0.1, 0.15) is 6.42 Å². The number of carbonyl (C=O) groups is 1. The van der Waals surface area contributed by atoms with E-state index in [0.29, 0.717) is 11.8 Å². The van der Waals surface area contributed by atoms with Crippen molar-refractivity contribution in [2.45, 2.75) is 11.8 Å². The predicted octanol–water partition coefficient (Wildman–Crippen LogP) is 0.944. The maximum Gasteiger partial charge on any atom is 0.230 e. The SMILES string of the molecule is O=C1C[C@H]2SC(n3ccnc3)=CN12. The number of amides is 1. The highest BCUT2D eigenvalue weighted by atomic mass is 32.2. The first-order chi connectivity index (χ1) is 6.34. The van der Waals surface area contributed by atoms with Crippen molar-refractivity contribution >= 4 is 22.7 Å². The minimum Gasteiger partial charge on any atom is -0.303 e. The summed E-state index contributed by atoms with van der Waals surface area (Å²) in [6.07, 6.45) is 7.92. The molecule has 1 atom stereocenters. The maximum absolute atomic E-state index is 11.1. The number of hydrogen-bond acceptors (Lipinski definition) is 3. The van der Waals surface area contributed by atoms with Gasteiger partial charge < -0.3 is 4.90 Å². The molecule has 5 heteroatoms. The number of rotatable bonds is 1. The van der Waals surface area contributed by atoms with Gasteiger partial charge in [0.05, 0.1) is 23.2 Å². The number of carbonyl (C=O) groups excluding carboxylic acids is 1. The molecule has 0 radical (unpaired) electrons. The van der Waals surface area contributed by atoms with Crippen LogP contribution in [0, 0.1) is 0 Å². The Morgan fingerprint density at radius 2 is 2.54 bits per heavy atom. The summed E-state index contributed by atoms with van der Waals surface area (Å²) in [7, 11) is 0. The Morgan fingerprint density at radius 1 is 1.62 bits per heavy atom. The van der Waals surface area contributed by atoms with E-state index in [1.54, 1.807) is 29.2 Å². The summed E-state index contributed by atoms with van der Waals surface area (Å²) in [5, 5.41) is 1.42. The molecule has 2 aliphatic rings. The number of β-lactam (4-membered cyclic amide) rings is 1. The highest BCUT2D eigenvalue weighted by Crippen LogP contribution is 2.43. The third-order valence-corrected chi connectivity index (χ3v) is 3.44. The van der Waals surface area contributed by atoms with Crippen molar-refractivity contribution in [3.8, 4) is 0 Å². The van der Waals surface area contributed by atoms with Crippen LogP contribution in [0.3, 0.4) is 0 Å². The van der Waals surface area contributed by atoms with Gasteiger partial charge in [-0.3, -0.25) is 9.36 Å². The molecular formula is C8H7N3OS. The summed E-state index contributed by atoms with van der Waals surface area (Å²) < 4.78 is 1.93. The normalized spacial score (nSPS) is 25.5. The van der Waals surface area contributed by atoms with E-state index in [9.17, 15) is 4.79 Å². The number of imidazole rings is 1. The van der Waals surface area contributed by atoms with Crippen LogP contribution in [0.4, 0.5) is 0 Å². The van der Waals surface area contributed by atoms with Gasteiger partial charge in [-0.2, -0.15) is 0 Å². The van der Waals surface area contributed by atoms with E-state index in [2.05, 4.69) is 4.98 Å². The average Bonchev–Trinajstić information content (AvgIpc) is 2.69. The Morgan fingerprint density at radius 3 is 3.15 bits per heavy atom. The zero-order valence-electron chi connectivity index (χ0n) is 6.75. The van der Waals surface area contributed by atoms with Crippen LogP contribution in [0.15, 0.2) is 24.9 Å². The average molecular weight is 193 g/mol. The number of hydrogen-bond donors (Lipinski definition) is 0. The van der Waals surface area contributed by atoms with Crippen molar-refractivity contribution in [3.05, 3.63) is 24.9 Å². The van der Waals surface area contributed by atoms with Gasteiger partial charge in [-0.1, -0.05) is 11.8 Å². The zero-order chi connectivity index (χ0) is 8.84. The smallest absolute Gasteiger partial charge is 0.230 e. The molecule has 1 aromatic rings. The molecule has 3 heterocycles. The van der Waals surface area contributed by atoms with Gasteiger partial charge >= 0.3 is 0 Å². The molecule has 1 saturated heterocycles. The largest absolute Gasteiger partial charge is 0.303 e. The monoisotopic (exact) mass is 193 g/mol. The van der Waals surface area contributed by atoms with E-state index < -0.39 is 0 Å². The quantitative estimate of drug-likeness (QED) is 0.623. The van der Waals surface area contributed by atoms with Crippen LogP contribution in [-0.2, 0) is 4.79 Å². The molecule has 0 spiro atoms. The van der Waals surface area contributed by atoms with Crippen molar-refractivity contribution in [3.63, 3.8) is 0 Å².